The van der Waals surface area contributed by atoms with E-state index in [0.717, 1.165) is 0 Å². The zero-order valence-corrected chi connectivity index (χ0v) is 11.9. The number of hydrogen-bond donors (Lipinski definition) is 2. The maximum Gasteiger partial charge on any atom is 0.466 e. The molecular weight excluding hydrogens is 391 g/mol. The van der Waals surface area contributed by atoms with Crippen molar-refractivity contribution in [3.05, 3.63) is 38.4 Å². The van der Waals surface area contributed by atoms with E-state index >= 15 is 0 Å². The maximum absolute atomic E-state index is 13.6. The van der Waals surface area contributed by atoms with Gasteiger partial charge in [-0.1, -0.05) is 0 Å². The van der Waals surface area contributed by atoms with E-state index in [2.05, 4.69) is 4.74 Å². The number of ether oxygens (including phenoxy) is 1. The fraction of sp³-hybridized carbons (Fsp3) is 0.333. The van der Waals surface area contributed by atoms with E-state index in [0.29, 0.717) is 0 Å². The van der Waals surface area contributed by atoms with Gasteiger partial charge in [-0.05, 0) is 6.07 Å². The average molecular weight is 396 g/mol. The highest BCUT2D eigenvalue weighted by Gasteiger charge is 2.66. The minimum atomic E-state index is -6.38. The zero-order chi connectivity index (χ0) is 20.1. The van der Waals surface area contributed by atoms with E-state index in [4.69, 9.17) is 0 Å². The molecule has 5 nitrogen and oxygen atoms in total. The molecule has 144 valence electrons. The van der Waals surface area contributed by atoms with Crippen LogP contribution < -0.4 is 15.9 Å². The number of H-pyrrole nitrogens is 2. The molecule has 0 radical (unpaired) electrons. The summed E-state index contributed by atoms with van der Waals surface area (Å²) >= 11 is 0. The van der Waals surface area contributed by atoms with E-state index in [-0.39, 0.29) is 12.1 Å². The van der Waals surface area contributed by atoms with E-state index in [9.17, 15) is 49.1 Å². The molecule has 0 saturated heterocycles. The summed E-state index contributed by atoms with van der Waals surface area (Å²) in [6.45, 7) is 0. The first-order valence-electron chi connectivity index (χ1n) is 6.27. The lowest BCUT2D eigenvalue weighted by Crippen LogP contribution is -2.52. The van der Waals surface area contributed by atoms with Crippen molar-refractivity contribution >= 4 is 11.0 Å². The van der Waals surface area contributed by atoms with Gasteiger partial charge >= 0.3 is 35.8 Å². The molecule has 0 fully saturated rings. The third-order valence-corrected chi connectivity index (χ3v) is 3.05. The number of aromatic nitrogens is 2. The van der Waals surface area contributed by atoms with Gasteiger partial charge in [0.1, 0.15) is 5.75 Å². The fourth-order valence-electron chi connectivity index (χ4n) is 1.84. The van der Waals surface area contributed by atoms with Crippen molar-refractivity contribution in [2.75, 3.05) is 0 Å². The van der Waals surface area contributed by atoms with Crippen molar-refractivity contribution in [1.29, 1.82) is 0 Å². The molecule has 0 aliphatic carbocycles. The lowest BCUT2D eigenvalue weighted by atomic mass is 10.1. The van der Waals surface area contributed by atoms with Gasteiger partial charge in [-0.2, -0.15) is 30.7 Å². The normalized spacial score (nSPS) is 15.3. The lowest BCUT2D eigenvalue weighted by molar-refractivity contribution is -0.340. The molecule has 1 unspecified atom stereocenters. The van der Waals surface area contributed by atoms with Crippen LogP contribution in [0.25, 0.3) is 11.0 Å². The highest BCUT2D eigenvalue weighted by atomic mass is 19.4. The van der Waals surface area contributed by atoms with Crippen LogP contribution in [-0.2, 0) is 6.18 Å². The van der Waals surface area contributed by atoms with Gasteiger partial charge in [0.15, 0.2) is 0 Å². The maximum atomic E-state index is 13.6. The molecule has 0 aliphatic heterocycles. The topological polar surface area (TPSA) is 75.0 Å². The van der Waals surface area contributed by atoms with Crippen LogP contribution >= 0.6 is 0 Å². The van der Waals surface area contributed by atoms with Crippen molar-refractivity contribution in [2.24, 2.45) is 0 Å². The number of rotatable bonds is 3. The highest BCUT2D eigenvalue weighted by molar-refractivity contribution is 5.77. The first kappa shape index (κ1) is 19.7. The number of fused-ring (bicyclic) bond motifs is 1. The van der Waals surface area contributed by atoms with Crippen LogP contribution in [0, 0.1) is 0 Å². The van der Waals surface area contributed by atoms with Gasteiger partial charge < -0.3 is 14.7 Å². The van der Waals surface area contributed by atoms with Gasteiger partial charge in [-0.15, -0.1) is 0 Å². The number of nitrogens with one attached hydrogen (secondary N) is 2. The Morgan fingerprint density at radius 2 is 1.31 bits per heavy atom. The van der Waals surface area contributed by atoms with Gasteiger partial charge in [-0.3, -0.25) is 9.59 Å². The van der Waals surface area contributed by atoms with Gasteiger partial charge in [0, 0.05) is 6.07 Å². The molecule has 2 N–H and O–H groups in total. The summed E-state index contributed by atoms with van der Waals surface area (Å²) in [6.07, 6.45) is -16.7. The van der Waals surface area contributed by atoms with Crippen LogP contribution in [0.3, 0.4) is 0 Å². The monoisotopic (exact) mass is 396 g/mol. The Kier molecular flexibility index (Phi) is 4.50. The van der Waals surface area contributed by atoms with Crippen molar-refractivity contribution in [3.63, 3.8) is 0 Å². The number of aromatic amines is 2. The van der Waals surface area contributed by atoms with Crippen LogP contribution in [0.4, 0.5) is 39.5 Å². The highest BCUT2D eigenvalue weighted by Crippen LogP contribution is 2.45. The molecule has 0 saturated carbocycles. The quantitative estimate of drug-likeness (QED) is 0.619. The largest absolute Gasteiger partial charge is 0.466 e. The molecule has 1 aromatic heterocycles. The number of halogens is 9. The van der Waals surface area contributed by atoms with E-state index in [1.54, 1.807) is 9.97 Å². The molecule has 1 atom stereocenters. The van der Waals surface area contributed by atoms with Crippen molar-refractivity contribution < 1.29 is 44.3 Å². The van der Waals surface area contributed by atoms with Gasteiger partial charge in [0.2, 0.25) is 0 Å². The average Bonchev–Trinajstić information content (AvgIpc) is 2.45. The molecule has 1 heterocycles. The summed E-state index contributed by atoms with van der Waals surface area (Å²) in [5.41, 5.74) is -6.29. The Balaban J connectivity index is 2.77. The molecule has 1 aromatic carbocycles. The number of alkyl halides is 9. The van der Waals surface area contributed by atoms with E-state index in [1.165, 1.54) is 0 Å². The van der Waals surface area contributed by atoms with Gasteiger partial charge in [0.05, 0.1) is 16.6 Å². The third-order valence-electron chi connectivity index (χ3n) is 3.05. The summed E-state index contributed by atoms with van der Waals surface area (Å²) in [5, 5.41) is 0. The summed E-state index contributed by atoms with van der Waals surface area (Å²) in [4.78, 5) is 25.6. The first-order valence-corrected chi connectivity index (χ1v) is 6.27. The molecular formula is C12H5F9N2O3. The van der Waals surface area contributed by atoms with Crippen LogP contribution in [-0.4, -0.2) is 28.4 Å². The Labute approximate surface area is 135 Å². The van der Waals surface area contributed by atoms with Gasteiger partial charge in [-0.25, -0.2) is 8.78 Å². The standard InChI is InChI=1S/C12H5F9N2O3/c13-9(14)10(15,12(19,20)21)26-6-2-5-4(1-3(6)11(16,17)18)22-7(24)8(25)23-5/h1-2,9H,(H,22,24)(H,23,25). The van der Waals surface area contributed by atoms with E-state index in [1.807, 2.05) is 0 Å². The zero-order valence-electron chi connectivity index (χ0n) is 11.9. The van der Waals surface area contributed by atoms with E-state index < -0.39 is 58.1 Å². The molecule has 0 amide bonds. The summed E-state index contributed by atoms with van der Waals surface area (Å²) in [6, 6.07) is 0.0439. The number of benzene rings is 1. The smallest absolute Gasteiger partial charge is 0.445 e. The Morgan fingerprint density at radius 3 is 1.69 bits per heavy atom. The van der Waals surface area contributed by atoms with Gasteiger partial charge in [0.25, 0.3) is 0 Å². The second kappa shape index (κ2) is 5.95. The molecule has 2 aromatic rings. The van der Waals surface area contributed by atoms with Crippen molar-refractivity contribution in [2.45, 2.75) is 24.6 Å². The SMILES string of the molecule is O=c1[nH]c2cc(OC(F)(C(F)F)C(F)(F)F)c(C(F)(F)F)cc2[nH]c1=O. The minimum Gasteiger partial charge on any atom is -0.445 e. The Morgan fingerprint density at radius 1 is 0.846 bits per heavy atom. The van der Waals surface area contributed by atoms with Crippen molar-refractivity contribution in [1.82, 2.24) is 9.97 Å². The number of hydrogen-bond acceptors (Lipinski definition) is 3. The summed E-state index contributed by atoms with van der Waals surface area (Å²) in [5.74, 6) is -7.71. The summed E-state index contributed by atoms with van der Waals surface area (Å²) < 4.78 is 119. The third kappa shape index (κ3) is 3.35. The second-order valence-electron chi connectivity index (χ2n) is 4.85. The molecule has 26 heavy (non-hydrogen) atoms. The molecule has 0 bridgehead atoms. The van der Waals surface area contributed by atoms with Crippen LogP contribution in [0.1, 0.15) is 5.56 Å². The molecule has 0 aliphatic rings. The minimum absolute atomic E-state index is 0.00424. The first-order chi connectivity index (χ1) is 11.7. The lowest BCUT2D eigenvalue weighted by Gasteiger charge is -2.28. The van der Waals surface area contributed by atoms with Crippen LogP contribution in [0.2, 0.25) is 0 Å². The Bertz CT molecular complexity index is 944. The van der Waals surface area contributed by atoms with Crippen LogP contribution in [0.15, 0.2) is 21.7 Å². The summed E-state index contributed by atoms with van der Waals surface area (Å²) in [7, 11) is 0. The molecule has 2 rings (SSSR count). The van der Waals surface area contributed by atoms with Crippen LogP contribution in [0.5, 0.6) is 5.75 Å². The Hall–Kier alpha value is -2.67. The molecule has 14 heteroatoms. The predicted molar refractivity (Wildman–Crippen MR) is 66.7 cm³/mol. The second-order valence-corrected chi connectivity index (χ2v) is 4.85. The van der Waals surface area contributed by atoms with Crippen molar-refractivity contribution in [3.8, 4) is 5.75 Å². The predicted octanol–water partition coefficient (Wildman–Crippen LogP) is 3.11. The fourth-order valence-corrected chi connectivity index (χ4v) is 1.84. The molecule has 0 spiro atoms.